The lowest BCUT2D eigenvalue weighted by Crippen LogP contribution is -2.37. The molecule has 9 nitrogen and oxygen atoms in total. The van der Waals surface area contributed by atoms with E-state index in [0.717, 1.165) is 89.9 Å². The topological polar surface area (TPSA) is 140 Å². The Kier molecular flexibility index (Phi) is 49.1. The Labute approximate surface area is 435 Å². The van der Waals surface area contributed by atoms with E-state index >= 15 is 0 Å². The summed E-state index contributed by atoms with van der Waals surface area (Å²) in [6.07, 6.45) is 72.0. The SMILES string of the molecule is CCC=CCC=CCC=CCC=CCC=CCCC(O)C(=O)OCC(COC(=O)C(O)CCC=CCC=CCC=CCC=CCC=CCC)OC(=O)C(O)CCC=CCC=CCC=CCC=CCC=CCC. The summed E-state index contributed by atoms with van der Waals surface area (Å²) in [5, 5.41) is 31.5. The highest BCUT2D eigenvalue weighted by Crippen LogP contribution is 2.10. The quantitative estimate of drug-likeness (QED) is 0.0309. The van der Waals surface area contributed by atoms with Crippen LogP contribution in [-0.2, 0) is 28.6 Å². The average molecular weight is 993 g/mol. The van der Waals surface area contributed by atoms with Crippen molar-refractivity contribution < 1.29 is 43.9 Å². The number of allylic oxidation sites excluding steroid dienone is 30. The van der Waals surface area contributed by atoms with Crippen LogP contribution in [0.25, 0.3) is 0 Å². The molecule has 0 aliphatic heterocycles. The number of hydrogen-bond acceptors (Lipinski definition) is 9. The predicted molar refractivity (Wildman–Crippen MR) is 301 cm³/mol. The third-order valence-corrected chi connectivity index (χ3v) is 10.2. The normalized spacial score (nSPS) is 14.9. The molecule has 0 amide bonds. The minimum atomic E-state index is -1.48. The molecule has 0 aliphatic carbocycles. The Balaban J connectivity index is 5.03. The molecule has 0 bridgehead atoms. The first-order valence-electron chi connectivity index (χ1n) is 26.6. The Bertz CT molecular complexity index is 1720. The van der Waals surface area contributed by atoms with Crippen LogP contribution in [0.15, 0.2) is 182 Å². The third kappa shape index (κ3) is 46.8. The van der Waals surface area contributed by atoms with Crippen molar-refractivity contribution in [2.24, 2.45) is 0 Å². The van der Waals surface area contributed by atoms with Gasteiger partial charge in [0.2, 0.25) is 0 Å². The van der Waals surface area contributed by atoms with Crippen LogP contribution in [0.2, 0.25) is 0 Å². The van der Waals surface area contributed by atoms with E-state index in [9.17, 15) is 29.7 Å². The van der Waals surface area contributed by atoms with Crippen LogP contribution >= 0.6 is 0 Å². The largest absolute Gasteiger partial charge is 0.460 e. The van der Waals surface area contributed by atoms with E-state index in [1.807, 2.05) is 42.5 Å². The molecule has 9 heteroatoms. The van der Waals surface area contributed by atoms with Crippen molar-refractivity contribution in [3.05, 3.63) is 182 Å². The maximum absolute atomic E-state index is 12.9. The molecule has 3 unspecified atom stereocenters. The zero-order valence-corrected chi connectivity index (χ0v) is 44.2. The van der Waals surface area contributed by atoms with Crippen molar-refractivity contribution in [1.82, 2.24) is 0 Å². The lowest BCUT2D eigenvalue weighted by molar-refractivity contribution is -0.177. The molecule has 398 valence electrons. The minimum absolute atomic E-state index is 0.0822. The maximum Gasteiger partial charge on any atom is 0.335 e. The van der Waals surface area contributed by atoms with Gasteiger partial charge in [0, 0.05) is 0 Å². The summed E-state index contributed by atoms with van der Waals surface area (Å²) in [5.41, 5.74) is 0. The first kappa shape index (κ1) is 66.4. The fourth-order valence-corrected chi connectivity index (χ4v) is 6.12. The summed E-state index contributed by atoms with van der Waals surface area (Å²) in [5.74, 6) is -2.83. The second kappa shape index (κ2) is 53.2. The van der Waals surface area contributed by atoms with Crippen LogP contribution < -0.4 is 0 Å². The lowest BCUT2D eigenvalue weighted by atomic mass is 10.1. The highest BCUT2D eigenvalue weighted by atomic mass is 16.6. The van der Waals surface area contributed by atoms with Crippen LogP contribution in [-0.4, -0.2) is 70.9 Å². The Hall–Kier alpha value is -5.61. The smallest absolute Gasteiger partial charge is 0.335 e. The molecule has 0 radical (unpaired) electrons. The highest BCUT2D eigenvalue weighted by molar-refractivity contribution is 5.76. The van der Waals surface area contributed by atoms with Gasteiger partial charge in [-0.1, -0.05) is 203 Å². The second-order valence-corrected chi connectivity index (χ2v) is 16.7. The van der Waals surface area contributed by atoms with Crippen molar-refractivity contribution in [3.63, 3.8) is 0 Å². The summed E-state index contributed by atoms with van der Waals surface area (Å²) in [6, 6.07) is 0. The van der Waals surface area contributed by atoms with Crippen LogP contribution in [0.1, 0.15) is 156 Å². The molecule has 3 N–H and O–H groups in total. The molecule has 0 fully saturated rings. The van der Waals surface area contributed by atoms with Crippen molar-refractivity contribution in [3.8, 4) is 0 Å². The number of carbonyl (C=O) groups is 3. The predicted octanol–water partition coefficient (Wildman–Crippen LogP) is 14.7. The van der Waals surface area contributed by atoms with Crippen molar-refractivity contribution in [2.75, 3.05) is 13.2 Å². The molecule has 0 spiro atoms. The van der Waals surface area contributed by atoms with Gasteiger partial charge in [0.1, 0.15) is 13.2 Å². The summed E-state index contributed by atoms with van der Waals surface area (Å²) >= 11 is 0. The van der Waals surface area contributed by atoms with Crippen LogP contribution in [0.4, 0.5) is 0 Å². The molecule has 3 atom stereocenters. The lowest BCUT2D eigenvalue weighted by Gasteiger charge is -2.21. The first-order chi connectivity index (χ1) is 35.3. The number of aliphatic hydroxyl groups is 3. The molecule has 0 rings (SSSR count). The van der Waals surface area contributed by atoms with Crippen LogP contribution in [0.5, 0.6) is 0 Å². The van der Waals surface area contributed by atoms with E-state index in [4.69, 9.17) is 14.2 Å². The molecule has 72 heavy (non-hydrogen) atoms. The summed E-state index contributed by atoms with van der Waals surface area (Å²) in [6.45, 7) is 5.30. The Morgan fingerprint density at radius 1 is 0.306 bits per heavy atom. The monoisotopic (exact) mass is 993 g/mol. The molecule has 0 heterocycles. The molecule has 0 aromatic heterocycles. The van der Waals surface area contributed by atoms with E-state index in [-0.39, 0.29) is 19.3 Å². The van der Waals surface area contributed by atoms with E-state index in [2.05, 4.69) is 161 Å². The van der Waals surface area contributed by atoms with Gasteiger partial charge in [-0.2, -0.15) is 0 Å². The molecule has 0 aromatic carbocycles. The second-order valence-electron chi connectivity index (χ2n) is 16.7. The van der Waals surface area contributed by atoms with Gasteiger partial charge in [-0.3, -0.25) is 0 Å². The maximum atomic E-state index is 12.9. The van der Waals surface area contributed by atoms with Gasteiger partial charge >= 0.3 is 17.9 Å². The van der Waals surface area contributed by atoms with Gasteiger partial charge in [-0.25, -0.2) is 14.4 Å². The van der Waals surface area contributed by atoms with E-state index in [1.165, 1.54) is 0 Å². The number of carbonyl (C=O) groups excluding carboxylic acids is 3. The van der Waals surface area contributed by atoms with Gasteiger partial charge in [-0.05, 0) is 135 Å². The van der Waals surface area contributed by atoms with Crippen LogP contribution in [0.3, 0.4) is 0 Å². The molecule has 0 saturated heterocycles. The molecular formula is C63H92O9. The van der Waals surface area contributed by atoms with Gasteiger partial charge in [-0.15, -0.1) is 0 Å². The number of esters is 3. The average Bonchev–Trinajstić information content (AvgIpc) is 3.38. The molecular weight excluding hydrogens is 901 g/mol. The Morgan fingerprint density at radius 3 is 0.722 bits per heavy atom. The van der Waals surface area contributed by atoms with E-state index < -0.39 is 55.5 Å². The summed E-state index contributed by atoms with van der Waals surface area (Å²) in [7, 11) is 0. The zero-order valence-electron chi connectivity index (χ0n) is 44.2. The fraction of sp³-hybridized carbons (Fsp3) is 0.476. The summed E-state index contributed by atoms with van der Waals surface area (Å²) < 4.78 is 16.0. The third-order valence-electron chi connectivity index (χ3n) is 10.2. The minimum Gasteiger partial charge on any atom is -0.460 e. The molecule has 0 aromatic rings. The number of ether oxygens (including phenoxy) is 3. The van der Waals surface area contributed by atoms with Gasteiger partial charge in [0.25, 0.3) is 0 Å². The van der Waals surface area contributed by atoms with E-state index in [0.29, 0.717) is 25.7 Å². The number of aliphatic hydroxyl groups excluding tert-OH is 3. The fourth-order valence-electron chi connectivity index (χ4n) is 6.12. The molecule has 0 saturated carbocycles. The van der Waals surface area contributed by atoms with Gasteiger partial charge in [0.15, 0.2) is 24.4 Å². The van der Waals surface area contributed by atoms with E-state index in [1.54, 1.807) is 0 Å². The zero-order chi connectivity index (χ0) is 52.6. The van der Waals surface area contributed by atoms with Crippen molar-refractivity contribution >= 4 is 17.9 Å². The highest BCUT2D eigenvalue weighted by Gasteiger charge is 2.26. The van der Waals surface area contributed by atoms with Gasteiger partial charge in [0.05, 0.1) is 0 Å². The van der Waals surface area contributed by atoms with Crippen molar-refractivity contribution in [2.45, 2.75) is 180 Å². The van der Waals surface area contributed by atoms with Gasteiger partial charge < -0.3 is 29.5 Å². The Morgan fingerprint density at radius 2 is 0.500 bits per heavy atom. The summed E-state index contributed by atoms with van der Waals surface area (Å²) in [4.78, 5) is 38.3. The number of rotatable bonds is 44. The number of hydrogen-bond donors (Lipinski definition) is 3. The molecule has 0 aliphatic rings. The standard InChI is InChI=1S/C63H92O9/c1-4-7-10-13-16-19-22-25-28-31-34-37-40-43-46-49-52-58(64)61(67)70-55-57(72-63(69)60(66)54-51-48-45-42-39-36-33-30-27-24-21-18-15-12-9-6-3)56-71-62(68)59(65)53-50-47-44-41-38-35-32-29-26-23-20-17-14-11-8-5-2/h7-12,16-21,25-30,34-39,43-48,57-60,64-66H,4-6,13-15,22-24,31-33,40-42,49-56H2,1-3H3. The van der Waals surface area contributed by atoms with Crippen molar-refractivity contribution in [1.29, 1.82) is 0 Å². The first-order valence-corrected chi connectivity index (χ1v) is 26.6. The van der Waals surface area contributed by atoms with Crippen LogP contribution in [0, 0.1) is 0 Å².